The molecule has 2 atom stereocenters. The third kappa shape index (κ3) is 1.73. The summed E-state index contributed by atoms with van der Waals surface area (Å²) < 4.78 is 0.876. The number of hydrogen-bond acceptors (Lipinski definition) is 2. The van der Waals surface area contributed by atoms with Crippen molar-refractivity contribution in [2.24, 2.45) is 11.3 Å². The van der Waals surface area contributed by atoms with E-state index in [0.717, 1.165) is 30.3 Å². The highest BCUT2D eigenvalue weighted by Crippen LogP contribution is 2.48. The number of nitrogens with zero attached hydrogens (tertiary/aromatic N) is 1. The van der Waals surface area contributed by atoms with Crippen molar-refractivity contribution < 1.29 is 9.90 Å². The molecular formula is C13H16BrNO2. The van der Waals surface area contributed by atoms with Crippen LogP contribution >= 0.6 is 15.9 Å². The standard InChI is InChI=1S/C13H16BrNO2/c1-13-4-5-15(9-2-3-9)12(17)11(13)10(16)6-8(14)7-13/h6-7,9,11,16H,2-5H2,1H3. The zero-order valence-corrected chi connectivity index (χ0v) is 11.4. The van der Waals surface area contributed by atoms with Crippen molar-refractivity contribution in [3.63, 3.8) is 0 Å². The Bertz CT molecular complexity index is 439. The number of carbonyl (C=O) groups is 1. The number of hydrogen-bond donors (Lipinski definition) is 1. The number of allylic oxidation sites excluding steroid dienone is 3. The monoisotopic (exact) mass is 297 g/mol. The van der Waals surface area contributed by atoms with E-state index in [0.29, 0.717) is 6.04 Å². The van der Waals surface area contributed by atoms with Crippen molar-refractivity contribution >= 4 is 21.8 Å². The van der Waals surface area contributed by atoms with Crippen molar-refractivity contribution in [2.75, 3.05) is 6.54 Å². The van der Waals surface area contributed by atoms with Crippen molar-refractivity contribution in [3.8, 4) is 0 Å². The molecule has 3 aliphatic rings. The Morgan fingerprint density at radius 2 is 2.24 bits per heavy atom. The van der Waals surface area contributed by atoms with Crippen LogP contribution in [0.5, 0.6) is 0 Å². The minimum atomic E-state index is -0.377. The average Bonchev–Trinajstić information content (AvgIpc) is 2.99. The van der Waals surface area contributed by atoms with Crippen molar-refractivity contribution in [1.29, 1.82) is 0 Å². The first kappa shape index (κ1) is 11.3. The number of aliphatic hydroxyl groups is 1. The number of piperidine rings is 1. The summed E-state index contributed by atoms with van der Waals surface area (Å²) >= 11 is 3.40. The number of rotatable bonds is 1. The van der Waals surface area contributed by atoms with Gasteiger partial charge in [-0.15, -0.1) is 0 Å². The van der Waals surface area contributed by atoms with Gasteiger partial charge in [0.05, 0.1) is 0 Å². The highest BCUT2D eigenvalue weighted by molar-refractivity contribution is 9.11. The molecule has 2 fully saturated rings. The Hall–Kier alpha value is -0.770. The summed E-state index contributed by atoms with van der Waals surface area (Å²) in [5.41, 5.74) is -0.236. The van der Waals surface area contributed by atoms with E-state index in [2.05, 4.69) is 28.9 Å². The first-order valence-corrected chi connectivity index (χ1v) is 6.90. The molecule has 3 nitrogen and oxygen atoms in total. The van der Waals surface area contributed by atoms with Crippen LogP contribution in [0, 0.1) is 11.3 Å². The van der Waals surface area contributed by atoms with Gasteiger partial charge in [0.15, 0.2) is 0 Å². The van der Waals surface area contributed by atoms with Crippen LogP contribution in [0.2, 0.25) is 0 Å². The molecule has 0 aromatic heterocycles. The Morgan fingerprint density at radius 3 is 2.88 bits per heavy atom. The highest BCUT2D eigenvalue weighted by atomic mass is 79.9. The van der Waals surface area contributed by atoms with Gasteiger partial charge in [0.25, 0.3) is 0 Å². The summed E-state index contributed by atoms with van der Waals surface area (Å²) in [6, 6.07) is 0.439. The second kappa shape index (κ2) is 3.61. The van der Waals surface area contributed by atoms with Crippen molar-refractivity contribution in [2.45, 2.75) is 32.2 Å². The van der Waals surface area contributed by atoms with Crippen LogP contribution < -0.4 is 0 Å². The number of likely N-dealkylation sites (tertiary alicyclic amines) is 1. The molecule has 2 unspecified atom stereocenters. The number of halogens is 1. The Balaban J connectivity index is 1.95. The molecule has 1 aliphatic heterocycles. The molecule has 0 radical (unpaired) electrons. The summed E-state index contributed by atoms with van der Waals surface area (Å²) in [6.07, 6.45) is 6.89. The van der Waals surface area contributed by atoms with E-state index >= 15 is 0 Å². The van der Waals surface area contributed by atoms with Gasteiger partial charge in [0, 0.05) is 22.5 Å². The Kier molecular flexibility index (Phi) is 2.41. The van der Waals surface area contributed by atoms with Crippen LogP contribution in [0.4, 0.5) is 0 Å². The average molecular weight is 298 g/mol. The summed E-state index contributed by atoms with van der Waals surface area (Å²) in [6.45, 7) is 2.88. The van der Waals surface area contributed by atoms with Crippen LogP contribution in [0.15, 0.2) is 22.4 Å². The van der Waals surface area contributed by atoms with E-state index in [4.69, 9.17) is 0 Å². The zero-order chi connectivity index (χ0) is 12.2. The fraction of sp³-hybridized carbons (Fsp3) is 0.615. The molecule has 3 rings (SSSR count). The van der Waals surface area contributed by atoms with E-state index in [9.17, 15) is 9.90 Å². The van der Waals surface area contributed by atoms with E-state index < -0.39 is 0 Å². The molecule has 17 heavy (non-hydrogen) atoms. The molecule has 92 valence electrons. The van der Waals surface area contributed by atoms with Crippen LogP contribution in [-0.2, 0) is 4.79 Å². The second-order valence-corrected chi connectivity index (χ2v) is 6.47. The van der Waals surface area contributed by atoms with E-state index in [1.807, 2.05) is 4.90 Å². The van der Waals surface area contributed by atoms with E-state index in [-0.39, 0.29) is 23.0 Å². The molecule has 0 spiro atoms. The lowest BCUT2D eigenvalue weighted by molar-refractivity contribution is -0.143. The van der Waals surface area contributed by atoms with E-state index in [1.54, 1.807) is 6.08 Å². The highest BCUT2D eigenvalue weighted by Gasteiger charge is 2.50. The first-order chi connectivity index (χ1) is 8.01. The molecule has 1 heterocycles. The Labute approximate surface area is 109 Å². The lowest BCUT2D eigenvalue weighted by Crippen LogP contribution is -2.52. The maximum atomic E-state index is 12.4. The second-order valence-electron chi connectivity index (χ2n) is 5.55. The van der Waals surface area contributed by atoms with Gasteiger partial charge < -0.3 is 10.0 Å². The summed E-state index contributed by atoms with van der Waals surface area (Å²) in [5.74, 6) is -0.0679. The first-order valence-electron chi connectivity index (χ1n) is 6.11. The molecule has 1 N–H and O–H groups in total. The SMILES string of the molecule is CC12C=C(Br)C=C(O)C1C(=O)N(C1CC1)CC2. The van der Waals surface area contributed by atoms with Crippen LogP contribution in [0.3, 0.4) is 0 Å². The molecule has 1 saturated carbocycles. The largest absolute Gasteiger partial charge is 0.511 e. The number of fused-ring (bicyclic) bond motifs is 1. The maximum absolute atomic E-state index is 12.4. The van der Waals surface area contributed by atoms with Gasteiger partial charge in [-0.2, -0.15) is 0 Å². The molecule has 1 saturated heterocycles. The number of amides is 1. The molecule has 0 aromatic carbocycles. The molecule has 2 aliphatic carbocycles. The van der Waals surface area contributed by atoms with Crippen LogP contribution in [0.25, 0.3) is 0 Å². The molecular weight excluding hydrogens is 282 g/mol. The van der Waals surface area contributed by atoms with Crippen LogP contribution in [-0.4, -0.2) is 28.5 Å². The van der Waals surface area contributed by atoms with Crippen molar-refractivity contribution in [3.05, 3.63) is 22.4 Å². The van der Waals surface area contributed by atoms with Gasteiger partial charge in [-0.3, -0.25) is 4.79 Å². The van der Waals surface area contributed by atoms with Gasteiger partial charge in [0.2, 0.25) is 5.91 Å². The van der Waals surface area contributed by atoms with Crippen LogP contribution in [0.1, 0.15) is 26.2 Å². The number of aliphatic hydroxyl groups excluding tert-OH is 1. The fourth-order valence-electron chi connectivity index (χ4n) is 3.01. The normalized spacial score (nSPS) is 37.4. The van der Waals surface area contributed by atoms with Gasteiger partial charge in [0.1, 0.15) is 11.7 Å². The number of carbonyl (C=O) groups excluding carboxylic acids is 1. The molecule has 0 bridgehead atoms. The van der Waals surface area contributed by atoms with Gasteiger partial charge in [-0.05, 0) is 25.3 Å². The molecule has 0 aromatic rings. The smallest absolute Gasteiger partial charge is 0.234 e. The maximum Gasteiger partial charge on any atom is 0.234 e. The predicted octanol–water partition coefficient (Wildman–Crippen LogP) is 2.74. The minimum Gasteiger partial charge on any atom is -0.511 e. The minimum absolute atomic E-state index is 0.103. The fourth-order valence-corrected chi connectivity index (χ4v) is 3.77. The topological polar surface area (TPSA) is 40.5 Å². The lowest BCUT2D eigenvalue weighted by atomic mass is 9.68. The predicted molar refractivity (Wildman–Crippen MR) is 68.7 cm³/mol. The molecule has 4 heteroatoms. The third-order valence-corrected chi connectivity index (χ3v) is 4.58. The third-order valence-electron chi connectivity index (χ3n) is 4.12. The summed E-state index contributed by atoms with van der Waals surface area (Å²) in [4.78, 5) is 14.4. The zero-order valence-electron chi connectivity index (χ0n) is 9.82. The summed E-state index contributed by atoms with van der Waals surface area (Å²) in [5, 5.41) is 10.1. The van der Waals surface area contributed by atoms with Gasteiger partial charge in [-0.1, -0.05) is 28.9 Å². The van der Waals surface area contributed by atoms with Gasteiger partial charge >= 0.3 is 0 Å². The quantitative estimate of drug-likeness (QED) is 0.808. The Morgan fingerprint density at radius 1 is 1.53 bits per heavy atom. The van der Waals surface area contributed by atoms with Gasteiger partial charge in [-0.25, -0.2) is 0 Å². The summed E-state index contributed by atoms with van der Waals surface area (Å²) in [7, 11) is 0. The van der Waals surface area contributed by atoms with E-state index in [1.165, 1.54) is 0 Å². The van der Waals surface area contributed by atoms with Crippen molar-refractivity contribution in [1.82, 2.24) is 4.90 Å². The lowest BCUT2D eigenvalue weighted by Gasteiger charge is -2.44. The molecule has 1 amide bonds.